The van der Waals surface area contributed by atoms with Crippen molar-refractivity contribution < 1.29 is 9.32 Å². The first-order chi connectivity index (χ1) is 15.9. The van der Waals surface area contributed by atoms with Crippen LogP contribution in [0.15, 0.2) is 70.1 Å². The maximum Gasteiger partial charge on any atom is 0.257 e. The SMILES string of the molecule is Cc1cc(CNC(=O)c2c(Cc3ccccc3C)n(Cc3ccccn3)c(C)cc2=O)on1. The molecule has 0 aliphatic heterocycles. The molecule has 7 heteroatoms. The number of benzene rings is 1. The Bertz CT molecular complexity index is 1340. The lowest BCUT2D eigenvalue weighted by molar-refractivity contribution is 0.0944. The Hall–Kier alpha value is -4.00. The van der Waals surface area contributed by atoms with Crippen LogP contribution in [0, 0.1) is 20.8 Å². The zero-order chi connectivity index (χ0) is 23.4. The molecule has 0 fully saturated rings. The number of carbonyl (C=O) groups is 1. The fourth-order valence-corrected chi connectivity index (χ4v) is 3.87. The number of carbonyl (C=O) groups excluding carboxylic acids is 1. The van der Waals surface area contributed by atoms with Gasteiger partial charge in [0.05, 0.1) is 24.5 Å². The molecule has 0 saturated heterocycles. The molecule has 0 unspecified atom stereocenters. The zero-order valence-electron chi connectivity index (χ0n) is 19.0. The van der Waals surface area contributed by atoms with Crippen LogP contribution in [0.5, 0.6) is 0 Å². The highest BCUT2D eigenvalue weighted by Gasteiger charge is 2.22. The smallest absolute Gasteiger partial charge is 0.257 e. The normalized spacial score (nSPS) is 10.9. The van der Waals surface area contributed by atoms with E-state index in [9.17, 15) is 9.59 Å². The minimum atomic E-state index is -0.438. The second kappa shape index (κ2) is 9.65. The van der Waals surface area contributed by atoms with Gasteiger partial charge in [0, 0.05) is 36.1 Å². The minimum Gasteiger partial charge on any atom is -0.359 e. The standard InChI is InChI=1S/C26H26N4O3/c1-17-8-4-5-9-20(17)14-23-25(26(32)28-15-22-12-18(2)29-33-22)24(31)13-19(3)30(23)16-21-10-6-7-11-27-21/h4-13H,14-16H2,1-3H3,(H,28,32). The third-order valence-corrected chi connectivity index (χ3v) is 5.62. The van der Waals surface area contributed by atoms with E-state index in [2.05, 4.69) is 15.5 Å². The number of amides is 1. The summed E-state index contributed by atoms with van der Waals surface area (Å²) in [5.74, 6) is 0.0923. The molecule has 0 aliphatic carbocycles. The van der Waals surface area contributed by atoms with Gasteiger partial charge in [-0.3, -0.25) is 14.6 Å². The van der Waals surface area contributed by atoms with Gasteiger partial charge in [-0.1, -0.05) is 35.5 Å². The van der Waals surface area contributed by atoms with Crippen molar-refractivity contribution in [3.05, 3.63) is 116 Å². The second-order valence-electron chi connectivity index (χ2n) is 8.10. The van der Waals surface area contributed by atoms with Crippen molar-refractivity contribution >= 4 is 5.91 Å². The maximum absolute atomic E-state index is 13.3. The van der Waals surface area contributed by atoms with Gasteiger partial charge in [0.2, 0.25) is 0 Å². The predicted molar refractivity (Wildman–Crippen MR) is 125 cm³/mol. The zero-order valence-corrected chi connectivity index (χ0v) is 19.0. The number of nitrogens with zero attached hydrogens (tertiary/aromatic N) is 3. The molecular formula is C26H26N4O3. The Balaban J connectivity index is 1.78. The average molecular weight is 443 g/mol. The third kappa shape index (κ3) is 5.09. The van der Waals surface area contributed by atoms with Gasteiger partial charge in [0.25, 0.3) is 5.91 Å². The van der Waals surface area contributed by atoms with Gasteiger partial charge in [-0.25, -0.2) is 0 Å². The molecule has 3 aromatic heterocycles. The monoisotopic (exact) mass is 442 g/mol. The average Bonchev–Trinajstić information content (AvgIpc) is 3.22. The summed E-state index contributed by atoms with van der Waals surface area (Å²) in [5, 5.41) is 6.66. The topological polar surface area (TPSA) is 90.0 Å². The van der Waals surface area contributed by atoms with Crippen molar-refractivity contribution in [1.82, 2.24) is 20.0 Å². The number of aromatic nitrogens is 3. The van der Waals surface area contributed by atoms with Gasteiger partial charge >= 0.3 is 0 Å². The summed E-state index contributed by atoms with van der Waals surface area (Å²) in [6.07, 6.45) is 2.18. The van der Waals surface area contributed by atoms with E-state index in [1.165, 1.54) is 6.07 Å². The van der Waals surface area contributed by atoms with E-state index in [-0.39, 0.29) is 17.5 Å². The summed E-state index contributed by atoms with van der Waals surface area (Å²) in [4.78, 5) is 30.8. The van der Waals surface area contributed by atoms with E-state index >= 15 is 0 Å². The van der Waals surface area contributed by atoms with Crippen molar-refractivity contribution in [2.24, 2.45) is 0 Å². The molecule has 0 saturated carbocycles. The molecule has 3 heterocycles. The molecule has 7 nitrogen and oxygen atoms in total. The lowest BCUT2D eigenvalue weighted by Crippen LogP contribution is -2.33. The molecular weight excluding hydrogens is 416 g/mol. The first-order valence-electron chi connectivity index (χ1n) is 10.8. The minimum absolute atomic E-state index is 0.135. The van der Waals surface area contributed by atoms with E-state index in [1.807, 2.05) is 67.8 Å². The molecule has 1 N–H and O–H groups in total. The summed E-state index contributed by atoms with van der Waals surface area (Å²) in [5.41, 5.74) is 4.99. The summed E-state index contributed by atoms with van der Waals surface area (Å²) < 4.78 is 7.19. The highest BCUT2D eigenvalue weighted by Crippen LogP contribution is 2.19. The molecule has 0 bridgehead atoms. The third-order valence-electron chi connectivity index (χ3n) is 5.62. The number of rotatable bonds is 7. The van der Waals surface area contributed by atoms with E-state index in [0.717, 1.165) is 28.2 Å². The molecule has 0 radical (unpaired) electrons. The fraction of sp³-hybridized carbons (Fsp3) is 0.231. The largest absolute Gasteiger partial charge is 0.359 e. The number of pyridine rings is 2. The number of hydrogen-bond acceptors (Lipinski definition) is 5. The van der Waals surface area contributed by atoms with Crippen LogP contribution >= 0.6 is 0 Å². The van der Waals surface area contributed by atoms with Crippen LogP contribution in [-0.4, -0.2) is 20.6 Å². The van der Waals surface area contributed by atoms with Crippen LogP contribution in [0.4, 0.5) is 0 Å². The first kappa shape index (κ1) is 22.2. The maximum atomic E-state index is 13.3. The summed E-state index contributed by atoms with van der Waals surface area (Å²) in [6.45, 7) is 6.32. The molecule has 168 valence electrons. The Morgan fingerprint density at radius 1 is 1.06 bits per heavy atom. The van der Waals surface area contributed by atoms with Gasteiger partial charge < -0.3 is 14.4 Å². The quantitative estimate of drug-likeness (QED) is 0.471. The molecule has 1 aromatic carbocycles. The van der Waals surface area contributed by atoms with Crippen LogP contribution in [0.2, 0.25) is 0 Å². The number of hydrogen-bond donors (Lipinski definition) is 1. The van der Waals surface area contributed by atoms with Crippen molar-refractivity contribution in [2.75, 3.05) is 0 Å². The highest BCUT2D eigenvalue weighted by molar-refractivity contribution is 5.95. The lowest BCUT2D eigenvalue weighted by atomic mass is 9.99. The van der Waals surface area contributed by atoms with Gasteiger partial charge in [0.1, 0.15) is 5.56 Å². The second-order valence-corrected chi connectivity index (χ2v) is 8.10. The lowest BCUT2D eigenvalue weighted by Gasteiger charge is -2.20. The van der Waals surface area contributed by atoms with Crippen LogP contribution < -0.4 is 10.7 Å². The first-order valence-corrected chi connectivity index (χ1v) is 10.8. The summed E-state index contributed by atoms with van der Waals surface area (Å²) in [6, 6.07) is 17.0. The Morgan fingerprint density at radius 3 is 2.55 bits per heavy atom. The molecule has 0 spiro atoms. The Morgan fingerprint density at radius 2 is 1.85 bits per heavy atom. The predicted octanol–water partition coefficient (Wildman–Crippen LogP) is 3.73. The van der Waals surface area contributed by atoms with Gasteiger partial charge in [0.15, 0.2) is 11.2 Å². The Kier molecular flexibility index (Phi) is 6.49. The van der Waals surface area contributed by atoms with Gasteiger partial charge in [-0.2, -0.15) is 0 Å². The number of nitrogens with one attached hydrogen (secondary N) is 1. The summed E-state index contributed by atoms with van der Waals surface area (Å²) >= 11 is 0. The fourth-order valence-electron chi connectivity index (χ4n) is 3.87. The Labute approximate surface area is 192 Å². The van der Waals surface area contributed by atoms with Gasteiger partial charge in [-0.05, 0) is 44.0 Å². The molecule has 1 amide bonds. The van der Waals surface area contributed by atoms with Crippen molar-refractivity contribution in [3.63, 3.8) is 0 Å². The van der Waals surface area contributed by atoms with Gasteiger partial charge in [-0.15, -0.1) is 0 Å². The molecule has 4 aromatic rings. The van der Waals surface area contributed by atoms with Crippen LogP contribution in [0.25, 0.3) is 0 Å². The molecule has 0 aliphatic rings. The van der Waals surface area contributed by atoms with E-state index in [1.54, 1.807) is 12.3 Å². The van der Waals surface area contributed by atoms with Crippen LogP contribution in [0.3, 0.4) is 0 Å². The molecule has 33 heavy (non-hydrogen) atoms. The van der Waals surface area contributed by atoms with Crippen LogP contribution in [-0.2, 0) is 19.5 Å². The van der Waals surface area contributed by atoms with E-state index in [4.69, 9.17) is 4.52 Å². The number of aryl methyl sites for hydroxylation is 3. The summed E-state index contributed by atoms with van der Waals surface area (Å²) in [7, 11) is 0. The van der Waals surface area contributed by atoms with Crippen LogP contribution in [0.1, 0.15) is 50.0 Å². The van der Waals surface area contributed by atoms with Crippen molar-refractivity contribution in [2.45, 2.75) is 40.3 Å². The van der Waals surface area contributed by atoms with E-state index < -0.39 is 5.91 Å². The van der Waals surface area contributed by atoms with E-state index in [0.29, 0.717) is 24.4 Å². The molecule has 0 atom stereocenters. The molecule has 4 rings (SSSR count). The van der Waals surface area contributed by atoms with Crippen molar-refractivity contribution in [3.8, 4) is 0 Å². The highest BCUT2D eigenvalue weighted by atomic mass is 16.5. The van der Waals surface area contributed by atoms with Crippen molar-refractivity contribution in [1.29, 1.82) is 0 Å².